The molecular formula is C17H20N4O5. The number of amidine groups is 1. The first-order valence-corrected chi connectivity index (χ1v) is 8.07. The number of hydrogen-bond acceptors (Lipinski definition) is 5. The number of ketones is 1. The Morgan fingerprint density at radius 3 is 2.15 bits per heavy atom. The number of Topliss-reactive ketones (excluding diaryl/α,β-unsaturated/α-hetero) is 1. The Bertz CT molecular complexity index is 736. The standard InChI is InChI=1S/C17H20N4O5/c18-15(19)11-1-3-12(4-2-11)16(24)20-9-13(22)21-7-5-10(6-8-21)14(23)17(25)26/h1-4,10H,5-9H2,(H3,18,19)(H,20,24)(H,25,26). The first-order valence-electron chi connectivity index (χ1n) is 8.07. The molecule has 1 heterocycles. The third-order valence-corrected chi connectivity index (χ3v) is 4.29. The van der Waals surface area contributed by atoms with E-state index < -0.39 is 23.6 Å². The van der Waals surface area contributed by atoms with Gasteiger partial charge in [0.1, 0.15) is 5.84 Å². The number of carboxylic acid groups (broad SMARTS) is 1. The number of nitrogen functional groups attached to an aromatic ring is 1. The number of nitrogens with zero attached hydrogens (tertiary/aromatic N) is 1. The van der Waals surface area contributed by atoms with Crippen LogP contribution in [0.25, 0.3) is 0 Å². The predicted octanol–water partition coefficient (Wildman–Crippen LogP) is -0.407. The lowest BCUT2D eigenvalue weighted by atomic mass is 9.92. The van der Waals surface area contributed by atoms with Crippen molar-refractivity contribution in [3.05, 3.63) is 35.4 Å². The highest BCUT2D eigenvalue weighted by molar-refractivity contribution is 6.33. The second kappa shape index (κ2) is 8.24. The van der Waals surface area contributed by atoms with E-state index in [1.807, 2.05) is 0 Å². The summed E-state index contributed by atoms with van der Waals surface area (Å²) >= 11 is 0. The lowest BCUT2D eigenvalue weighted by Crippen LogP contribution is -2.45. The summed E-state index contributed by atoms with van der Waals surface area (Å²) < 4.78 is 0. The molecule has 0 atom stereocenters. The molecule has 138 valence electrons. The minimum Gasteiger partial charge on any atom is -0.475 e. The van der Waals surface area contributed by atoms with Gasteiger partial charge in [0.05, 0.1) is 6.54 Å². The molecule has 0 unspecified atom stereocenters. The summed E-state index contributed by atoms with van der Waals surface area (Å²) in [5.41, 5.74) is 6.18. The van der Waals surface area contributed by atoms with Crippen LogP contribution in [0.3, 0.4) is 0 Å². The second-order valence-corrected chi connectivity index (χ2v) is 6.00. The Labute approximate surface area is 149 Å². The van der Waals surface area contributed by atoms with Gasteiger partial charge in [-0.25, -0.2) is 4.79 Å². The Balaban J connectivity index is 1.81. The molecule has 0 bridgehead atoms. The maximum Gasteiger partial charge on any atom is 0.372 e. The predicted molar refractivity (Wildman–Crippen MR) is 91.7 cm³/mol. The van der Waals surface area contributed by atoms with E-state index in [-0.39, 0.29) is 31.4 Å². The molecule has 2 amide bonds. The van der Waals surface area contributed by atoms with Crippen LogP contribution in [0.1, 0.15) is 28.8 Å². The summed E-state index contributed by atoms with van der Waals surface area (Å²) in [5.74, 6) is -3.65. The summed E-state index contributed by atoms with van der Waals surface area (Å²) in [6, 6.07) is 6.12. The summed E-state index contributed by atoms with van der Waals surface area (Å²) in [4.78, 5) is 47.8. The summed E-state index contributed by atoms with van der Waals surface area (Å²) in [7, 11) is 0. The quantitative estimate of drug-likeness (QED) is 0.307. The molecule has 0 saturated carbocycles. The minimum atomic E-state index is -1.45. The van der Waals surface area contributed by atoms with E-state index in [2.05, 4.69) is 5.32 Å². The number of carbonyl (C=O) groups excluding carboxylic acids is 3. The van der Waals surface area contributed by atoms with Crippen molar-refractivity contribution in [3.63, 3.8) is 0 Å². The van der Waals surface area contributed by atoms with Gasteiger partial charge in [0, 0.05) is 30.1 Å². The van der Waals surface area contributed by atoms with E-state index in [0.717, 1.165) is 0 Å². The number of amides is 2. The van der Waals surface area contributed by atoms with E-state index in [1.165, 1.54) is 17.0 Å². The van der Waals surface area contributed by atoms with Gasteiger partial charge in [-0.3, -0.25) is 19.8 Å². The van der Waals surface area contributed by atoms with Crippen molar-refractivity contribution < 1.29 is 24.3 Å². The molecule has 1 aromatic rings. The molecule has 0 aliphatic carbocycles. The molecule has 26 heavy (non-hydrogen) atoms. The number of benzene rings is 1. The van der Waals surface area contributed by atoms with Crippen LogP contribution in [0.15, 0.2) is 24.3 Å². The highest BCUT2D eigenvalue weighted by Crippen LogP contribution is 2.18. The number of rotatable bonds is 6. The zero-order valence-corrected chi connectivity index (χ0v) is 14.0. The van der Waals surface area contributed by atoms with Gasteiger partial charge >= 0.3 is 5.97 Å². The van der Waals surface area contributed by atoms with Crippen LogP contribution >= 0.6 is 0 Å². The largest absolute Gasteiger partial charge is 0.475 e. The topological polar surface area (TPSA) is 154 Å². The first kappa shape index (κ1) is 19.1. The number of aliphatic carboxylic acids is 1. The molecule has 5 N–H and O–H groups in total. The van der Waals surface area contributed by atoms with E-state index >= 15 is 0 Å². The van der Waals surface area contributed by atoms with Crippen LogP contribution in [0.2, 0.25) is 0 Å². The Morgan fingerprint density at radius 2 is 1.65 bits per heavy atom. The van der Waals surface area contributed by atoms with E-state index in [0.29, 0.717) is 24.0 Å². The summed E-state index contributed by atoms with van der Waals surface area (Å²) in [5, 5.41) is 18.5. The fourth-order valence-electron chi connectivity index (χ4n) is 2.74. The molecule has 2 rings (SSSR count). The van der Waals surface area contributed by atoms with Crippen LogP contribution in [0.4, 0.5) is 0 Å². The number of hydrogen-bond donors (Lipinski definition) is 4. The second-order valence-electron chi connectivity index (χ2n) is 6.00. The number of carboxylic acids is 1. The van der Waals surface area contributed by atoms with E-state index in [4.69, 9.17) is 16.2 Å². The number of nitrogens with two attached hydrogens (primary N) is 1. The van der Waals surface area contributed by atoms with Crippen molar-refractivity contribution in [2.45, 2.75) is 12.8 Å². The van der Waals surface area contributed by atoms with Crippen molar-refractivity contribution >= 4 is 29.4 Å². The van der Waals surface area contributed by atoms with Gasteiger partial charge in [0.2, 0.25) is 11.7 Å². The molecule has 1 aromatic carbocycles. The molecule has 1 aliphatic heterocycles. The van der Waals surface area contributed by atoms with Gasteiger partial charge in [-0.05, 0) is 25.0 Å². The molecule has 9 nitrogen and oxygen atoms in total. The van der Waals surface area contributed by atoms with Crippen molar-refractivity contribution in [2.24, 2.45) is 11.7 Å². The normalized spacial score (nSPS) is 14.5. The first-order chi connectivity index (χ1) is 12.3. The highest BCUT2D eigenvalue weighted by Gasteiger charge is 2.30. The van der Waals surface area contributed by atoms with Crippen LogP contribution in [-0.4, -0.2) is 59.0 Å². The smallest absolute Gasteiger partial charge is 0.372 e. The van der Waals surface area contributed by atoms with Crippen LogP contribution in [-0.2, 0) is 14.4 Å². The third kappa shape index (κ3) is 4.65. The lowest BCUT2D eigenvalue weighted by Gasteiger charge is -2.30. The molecule has 1 aliphatic rings. The Morgan fingerprint density at radius 1 is 1.12 bits per heavy atom. The Hall–Kier alpha value is -3.23. The summed E-state index contributed by atoms with van der Waals surface area (Å²) in [6.07, 6.45) is 0.606. The van der Waals surface area contributed by atoms with E-state index in [9.17, 15) is 19.2 Å². The maximum atomic E-state index is 12.2. The molecule has 9 heteroatoms. The molecule has 0 aromatic heterocycles. The zero-order chi connectivity index (χ0) is 19.3. The molecule has 1 fully saturated rings. The van der Waals surface area contributed by atoms with Crippen LogP contribution in [0.5, 0.6) is 0 Å². The SMILES string of the molecule is N=C(N)c1ccc(C(=O)NCC(=O)N2CCC(C(=O)C(=O)O)CC2)cc1. The molecule has 0 spiro atoms. The molecule has 0 radical (unpaired) electrons. The highest BCUT2D eigenvalue weighted by atomic mass is 16.4. The number of likely N-dealkylation sites (tertiary alicyclic amines) is 1. The fraction of sp³-hybridized carbons (Fsp3) is 0.353. The minimum absolute atomic E-state index is 0.100. The average Bonchev–Trinajstić information content (AvgIpc) is 2.65. The third-order valence-electron chi connectivity index (χ3n) is 4.29. The van der Waals surface area contributed by atoms with Crippen molar-refractivity contribution in [1.82, 2.24) is 10.2 Å². The fourth-order valence-corrected chi connectivity index (χ4v) is 2.74. The van der Waals surface area contributed by atoms with Crippen molar-refractivity contribution in [3.8, 4) is 0 Å². The Kier molecular flexibility index (Phi) is 6.05. The monoisotopic (exact) mass is 360 g/mol. The van der Waals surface area contributed by atoms with Gasteiger partial charge in [-0.2, -0.15) is 0 Å². The van der Waals surface area contributed by atoms with Gasteiger partial charge in [-0.15, -0.1) is 0 Å². The maximum absolute atomic E-state index is 12.2. The molecular weight excluding hydrogens is 340 g/mol. The van der Waals surface area contributed by atoms with Crippen LogP contribution < -0.4 is 11.1 Å². The number of carbonyl (C=O) groups is 4. The van der Waals surface area contributed by atoms with Crippen molar-refractivity contribution in [1.29, 1.82) is 5.41 Å². The number of piperidine rings is 1. The van der Waals surface area contributed by atoms with Gasteiger partial charge in [0.15, 0.2) is 0 Å². The van der Waals surface area contributed by atoms with E-state index in [1.54, 1.807) is 12.1 Å². The summed E-state index contributed by atoms with van der Waals surface area (Å²) in [6.45, 7) is 0.377. The van der Waals surface area contributed by atoms with Gasteiger partial charge in [-0.1, -0.05) is 12.1 Å². The van der Waals surface area contributed by atoms with Crippen molar-refractivity contribution in [2.75, 3.05) is 19.6 Å². The van der Waals surface area contributed by atoms with Gasteiger partial charge in [0.25, 0.3) is 5.91 Å². The molecule has 1 saturated heterocycles. The number of nitrogens with one attached hydrogen (secondary N) is 2. The van der Waals surface area contributed by atoms with Crippen LogP contribution in [0, 0.1) is 11.3 Å². The average molecular weight is 360 g/mol. The zero-order valence-electron chi connectivity index (χ0n) is 14.0. The van der Waals surface area contributed by atoms with Gasteiger partial charge < -0.3 is 21.1 Å². The lowest BCUT2D eigenvalue weighted by molar-refractivity contribution is -0.152.